The zero-order valence-electron chi connectivity index (χ0n) is 11.8. The van der Waals surface area contributed by atoms with Crippen molar-refractivity contribution in [3.63, 3.8) is 0 Å². The van der Waals surface area contributed by atoms with Crippen LogP contribution in [0.2, 0.25) is 0 Å². The van der Waals surface area contributed by atoms with Crippen LogP contribution in [0.25, 0.3) is 0 Å². The van der Waals surface area contributed by atoms with E-state index in [4.69, 9.17) is 12.2 Å². The topological polar surface area (TPSA) is 64.5 Å². The smallest absolute Gasteiger partial charge is 0.170 e. The highest BCUT2D eigenvalue weighted by Crippen LogP contribution is 2.24. The monoisotopic (exact) mass is 302 g/mol. The van der Waals surface area contributed by atoms with E-state index in [1.807, 2.05) is 31.2 Å². The maximum Gasteiger partial charge on any atom is 0.170 e. The molecule has 4 N–H and O–H groups in total. The number of aryl methyl sites for hydroxylation is 1. The number of hydrogen-bond donors (Lipinski definition) is 4. The van der Waals surface area contributed by atoms with E-state index in [0.717, 1.165) is 16.8 Å². The number of thiocarbonyl (C=S) groups is 1. The molecular formula is C16H18N2O2S. The minimum absolute atomic E-state index is 0.104. The van der Waals surface area contributed by atoms with Crippen molar-refractivity contribution in [1.29, 1.82) is 0 Å². The van der Waals surface area contributed by atoms with E-state index in [1.54, 1.807) is 12.1 Å². The van der Waals surface area contributed by atoms with Gasteiger partial charge >= 0.3 is 0 Å². The second-order valence-corrected chi connectivity index (χ2v) is 5.18. The number of aromatic hydroxyl groups is 2. The summed E-state index contributed by atoms with van der Waals surface area (Å²) in [5, 5.41) is 25.5. The molecule has 0 amide bonds. The molecular weight excluding hydrogens is 284 g/mol. The lowest BCUT2D eigenvalue weighted by atomic mass is 10.1. The lowest BCUT2D eigenvalue weighted by Gasteiger charge is -2.12. The van der Waals surface area contributed by atoms with Crippen LogP contribution >= 0.6 is 12.2 Å². The molecule has 2 rings (SSSR count). The summed E-state index contributed by atoms with van der Waals surface area (Å²) in [6.45, 7) is 2.66. The van der Waals surface area contributed by atoms with E-state index >= 15 is 0 Å². The standard InChI is InChI=1S/C16H18N2O2S/c1-11-4-2-3-5-13(11)18-16(21)17-9-8-12-6-7-14(19)15(20)10-12/h2-7,10,19-20H,8-9H2,1H3,(H2,17,18,21). The maximum atomic E-state index is 9.43. The molecule has 0 unspecified atom stereocenters. The SMILES string of the molecule is Cc1ccccc1NC(=S)NCCc1ccc(O)c(O)c1. The Bertz CT molecular complexity index is 644. The zero-order valence-corrected chi connectivity index (χ0v) is 12.6. The van der Waals surface area contributed by atoms with Gasteiger partial charge in [0.15, 0.2) is 16.6 Å². The molecule has 4 nitrogen and oxygen atoms in total. The van der Waals surface area contributed by atoms with Crippen molar-refractivity contribution in [2.24, 2.45) is 0 Å². The minimum Gasteiger partial charge on any atom is -0.504 e. The van der Waals surface area contributed by atoms with Gasteiger partial charge in [-0.1, -0.05) is 24.3 Å². The van der Waals surface area contributed by atoms with E-state index in [9.17, 15) is 10.2 Å². The molecule has 0 aliphatic heterocycles. The molecule has 0 atom stereocenters. The Balaban J connectivity index is 1.82. The summed E-state index contributed by atoms with van der Waals surface area (Å²) in [5.74, 6) is -0.212. The molecule has 110 valence electrons. The number of rotatable bonds is 4. The van der Waals surface area contributed by atoms with Gasteiger partial charge in [-0.2, -0.15) is 0 Å². The molecule has 0 aliphatic rings. The number of benzene rings is 2. The van der Waals surface area contributed by atoms with Crippen molar-refractivity contribution in [2.75, 3.05) is 11.9 Å². The van der Waals surface area contributed by atoms with Gasteiger partial charge in [0.1, 0.15) is 0 Å². The third-order valence-corrected chi connectivity index (χ3v) is 3.38. The molecule has 0 saturated carbocycles. The minimum atomic E-state index is -0.108. The maximum absolute atomic E-state index is 9.43. The van der Waals surface area contributed by atoms with Crippen LogP contribution in [0.1, 0.15) is 11.1 Å². The molecule has 0 radical (unpaired) electrons. The van der Waals surface area contributed by atoms with Crippen molar-refractivity contribution in [3.05, 3.63) is 53.6 Å². The van der Waals surface area contributed by atoms with Crippen molar-refractivity contribution >= 4 is 23.0 Å². The van der Waals surface area contributed by atoms with E-state index < -0.39 is 0 Å². The summed E-state index contributed by atoms with van der Waals surface area (Å²) in [6.07, 6.45) is 0.698. The number of phenolic OH excluding ortho intramolecular Hbond substituents is 2. The average Bonchev–Trinajstić information content (AvgIpc) is 2.45. The van der Waals surface area contributed by atoms with Crippen LogP contribution in [0, 0.1) is 6.92 Å². The van der Waals surface area contributed by atoms with Crippen molar-refractivity contribution in [2.45, 2.75) is 13.3 Å². The molecule has 21 heavy (non-hydrogen) atoms. The van der Waals surface area contributed by atoms with E-state index in [2.05, 4.69) is 10.6 Å². The van der Waals surface area contributed by atoms with Crippen LogP contribution in [-0.4, -0.2) is 21.9 Å². The van der Waals surface area contributed by atoms with Gasteiger partial charge in [-0.25, -0.2) is 0 Å². The Morgan fingerprint density at radius 2 is 1.86 bits per heavy atom. The molecule has 0 spiro atoms. The molecule has 0 bridgehead atoms. The third-order valence-electron chi connectivity index (χ3n) is 3.13. The van der Waals surface area contributed by atoms with Crippen molar-refractivity contribution < 1.29 is 10.2 Å². The highest BCUT2D eigenvalue weighted by Gasteiger charge is 2.02. The highest BCUT2D eigenvalue weighted by atomic mass is 32.1. The first-order valence-corrected chi connectivity index (χ1v) is 7.08. The number of hydrogen-bond acceptors (Lipinski definition) is 3. The van der Waals surface area contributed by atoms with Crippen LogP contribution in [0.3, 0.4) is 0 Å². The Labute approximate surface area is 129 Å². The second-order valence-electron chi connectivity index (χ2n) is 4.77. The quantitative estimate of drug-likeness (QED) is 0.517. The fraction of sp³-hybridized carbons (Fsp3) is 0.188. The summed E-state index contributed by atoms with van der Waals surface area (Å²) in [6, 6.07) is 12.7. The van der Waals surface area contributed by atoms with Gasteiger partial charge in [-0.3, -0.25) is 0 Å². The van der Waals surface area contributed by atoms with Crippen LogP contribution in [0.15, 0.2) is 42.5 Å². The summed E-state index contributed by atoms with van der Waals surface area (Å²) >= 11 is 5.25. The van der Waals surface area contributed by atoms with E-state index in [1.165, 1.54) is 6.07 Å². The third kappa shape index (κ3) is 4.36. The first-order valence-electron chi connectivity index (χ1n) is 6.67. The second kappa shape index (κ2) is 6.95. The molecule has 2 aromatic carbocycles. The van der Waals surface area contributed by atoms with Crippen LogP contribution < -0.4 is 10.6 Å². The van der Waals surface area contributed by atoms with Gasteiger partial charge in [0.2, 0.25) is 0 Å². The molecule has 0 aliphatic carbocycles. The van der Waals surface area contributed by atoms with Crippen LogP contribution in [0.5, 0.6) is 11.5 Å². The van der Waals surface area contributed by atoms with Gasteiger partial charge in [0.05, 0.1) is 0 Å². The number of para-hydroxylation sites is 1. The molecule has 0 saturated heterocycles. The predicted molar refractivity (Wildman–Crippen MR) is 88.9 cm³/mol. The van der Waals surface area contributed by atoms with E-state index in [0.29, 0.717) is 18.1 Å². The highest BCUT2D eigenvalue weighted by molar-refractivity contribution is 7.80. The Morgan fingerprint density at radius 1 is 1.10 bits per heavy atom. The normalized spacial score (nSPS) is 10.1. The summed E-state index contributed by atoms with van der Waals surface area (Å²) in [7, 11) is 0. The van der Waals surface area contributed by atoms with Gasteiger partial charge in [0.25, 0.3) is 0 Å². The van der Waals surface area contributed by atoms with E-state index in [-0.39, 0.29) is 11.5 Å². The fourth-order valence-corrected chi connectivity index (χ4v) is 2.14. The van der Waals surface area contributed by atoms with Crippen molar-refractivity contribution in [1.82, 2.24) is 5.32 Å². The first kappa shape index (κ1) is 15.1. The molecule has 0 fully saturated rings. The van der Waals surface area contributed by atoms with Gasteiger partial charge < -0.3 is 20.8 Å². The molecule has 5 heteroatoms. The Kier molecular flexibility index (Phi) is 5.00. The fourth-order valence-electron chi connectivity index (χ4n) is 1.92. The lowest BCUT2D eigenvalue weighted by molar-refractivity contribution is 0.403. The number of anilines is 1. The molecule has 2 aromatic rings. The number of phenols is 2. The van der Waals surface area contributed by atoms with Gasteiger partial charge in [-0.15, -0.1) is 0 Å². The summed E-state index contributed by atoms with van der Waals surface area (Å²) < 4.78 is 0. The van der Waals surface area contributed by atoms with Crippen LogP contribution in [0.4, 0.5) is 5.69 Å². The Morgan fingerprint density at radius 3 is 2.57 bits per heavy atom. The largest absolute Gasteiger partial charge is 0.504 e. The van der Waals surface area contributed by atoms with Crippen LogP contribution in [-0.2, 0) is 6.42 Å². The van der Waals surface area contributed by atoms with Gasteiger partial charge in [-0.05, 0) is 54.9 Å². The van der Waals surface area contributed by atoms with Gasteiger partial charge in [0, 0.05) is 12.2 Å². The summed E-state index contributed by atoms with van der Waals surface area (Å²) in [5.41, 5.74) is 3.04. The zero-order chi connectivity index (χ0) is 15.2. The first-order chi connectivity index (χ1) is 10.1. The number of nitrogens with one attached hydrogen (secondary N) is 2. The van der Waals surface area contributed by atoms with Crippen molar-refractivity contribution in [3.8, 4) is 11.5 Å². The lowest BCUT2D eigenvalue weighted by Crippen LogP contribution is -2.30. The molecule has 0 aromatic heterocycles. The average molecular weight is 302 g/mol. The Hall–Kier alpha value is -2.27. The molecule has 0 heterocycles. The summed E-state index contributed by atoms with van der Waals surface area (Å²) in [4.78, 5) is 0. The predicted octanol–water partition coefficient (Wildman–Crippen LogP) is 2.94.